The molecule has 3 rings (SSSR count). The summed E-state index contributed by atoms with van der Waals surface area (Å²) in [6.45, 7) is 2.32. The first-order valence-corrected chi connectivity index (χ1v) is 6.86. The van der Waals surface area contributed by atoms with Crippen LogP contribution in [-0.4, -0.2) is 47.3 Å². The summed E-state index contributed by atoms with van der Waals surface area (Å²) >= 11 is 6.24. The van der Waals surface area contributed by atoms with Crippen LogP contribution in [0.4, 0.5) is 0 Å². The summed E-state index contributed by atoms with van der Waals surface area (Å²) < 4.78 is 5.29. The van der Waals surface area contributed by atoms with Gasteiger partial charge in [0.1, 0.15) is 6.04 Å². The number of aliphatic carboxylic acids is 1. The average Bonchev–Trinajstić information content (AvgIpc) is 2.85. The molecular weight excluding hydrogens is 280 g/mol. The molecule has 20 heavy (non-hydrogen) atoms. The Balaban J connectivity index is 2.07. The van der Waals surface area contributed by atoms with Crippen molar-refractivity contribution in [2.24, 2.45) is 0 Å². The van der Waals surface area contributed by atoms with E-state index in [1.807, 2.05) is 17.0 Å². The maximum atomic E-state index is 11.7. The van der Waals surface area contributed by atoms with Gasteiger partial charge in [0.05, 0.1) is 18.2 Å². The highest BCUT2D eigenvalue weighted by atomic mass is 35.5. The van der Waals surface area contributed by atoms with E-state index in [0.717, 1.165) is 10.9 Å². The van der Waals surface area contributed by atoms with E-state index in [1.54, 1.807) is 12.3 Å². The van der Waals surface area contributed by atoms with Crippen LogP contribution in [0.3, 0.4) is 0 Å². The number of H-pyrrole nitrogens is 1. The van der Waals surface area contributed by atoms with Gasteiger partial charge in [-0.15, -0.1) is 0 Å². The second kappa shape index (κ2) is 5.44. The molecule has 0 aliphatic carbocycles. The van der Waals surface area contributed by atoms with Gasteiger partial charge in [0, 0.05) is 35.8 Å². The number of rotatable bonds is 3. The molecule has 1 aromatic heterocycles. The van der Waals surface area contributed by atoms with Crippen LogP contribution in [0.25, 0.3) is 10.9 Å². The summed E-state index contributed by atoms with van der Waals surface area (Å²) in [7, 11) is 0. The first-order chi connectivity index (χ1) is 9.68. The number of halogens is 1. The standard InChI is InChI=1S/C14H15ClN2O3/c15-10-2-1-3-11-12(10)9(8-16-11)13(14(18)19)17-4-6-20-7-5-17/h1-3,8,13,16H,4-7H2,(H,18,19). The number of ether oxygens (including phenoxy) is 1. The Morgan fingerprint density at radius 3 is 2.85 bits per heavy atom. The molecule has 1 fully saturated rings. The van der Waals surface area contributed by atoms with Crippen LogP contribution in [0.15, 0.2) is 24.4 Å². The second-order valence-electron chi connectivity index (χ2n) is 4.80. The Morgan fingerprint density at radius 1 is 1.40 bits per heavy atom. The summed E-state index contributed by atoms with van der Waals surface area (Å²) in [5.41, 5.74) is 1.56. The number of carboxylic acid groups (broad SMARTS) is 1. The second-order valence-corrected chi connectivity index (χ2v) is 5.20. The topological polar surface area (TPSA) is 65.6 Å². The van der Waals surface area contributed by atoms with Crippen LogP contribution >= 0.6 is 11.6 Å². The third-order valence-electron chi connectivity index (χ3n) is 3.62. The van der Waals surface area contributed by atoms with Gasteiger partial charge < -0.3 is 14.8 Å². The normalized spacial score (nSPS) is 18.2. The molecule has 0 radical (unpaired) electrons. The highest BCUT2D eigenvalue weighted by molar-refractivity contribution is 6.35. The Labute approximate surface area is 121 Å². The van der Waals surface area contributed by atoms with E-state index in [2.05, 4.69) is 4.98 Å². The Morgan fingerprint density at radius 2 is 2.15 bits per heavy atom. The van der Waals surface area contributed by atoms with Crippen LogP contribution < -0.4 is 0 Å². The van der Waals surface area contributed by atoms with Gasteiger partial charge >= 0.3 is 5.97 Å². The van der Waals surface area contributed by atoms with Crippen molar-refractivity contribution in [3.63, 3.8) is 0 Å². The van der Waals surface area contributed by atoms with E-state index in [9.17, 15) is 9.90 Å². The van der Waals surface area contributed by atoms with E-state index in [0.29, 0.717) is 36.9 Å². The predicted molar refractivity (Wildman–Crippen MR) is 76.1 cm³/mol. The molecule has 0 spiro atoms. The summed E-state index contributed by atoms with van der Waals surface area (Å²) in [6, 6.07) is 4.81. The molecule has 1 aromatic carbocycles. The van der Waals surface area contributed by atoms with E-state index < -0.39 is 12.0 Å². The first kappa shape index (κ1) is 13.4. The minimum Gasteiger partial charge on any atom is -0.480 e. The van der Waals surface area contributed by atoms with E-state index in [4.69, 9.17) is 16.3 Å². The molecule has 0 saturated carbocycles. The van der Waals surface area contributed by atoms with Crippen LogP contribution in [0.2, 0.25) is 5.02 Å². The molecule has 106 valence electrons. The first-order valence-electron chi connectivity index (χ1n) is 6.48. The van der Waals surface area contributed by atoms with Gasteiger partial charge in [-0.05, 0) is 12.1 Å². The number of carboxylic acids is 1. The SMILES string of the molecule is O=C(O)C(c1c[nH]c2cccc(Cl)c12)N1CCOCC1. The highest BCUT2D eigenvalue weighted by Gasteiger charge is 2.31. The lowest BCUT2D eigenvalue weighted by molar-refractivity contribution is -0.145. The number of hydrogen-bond acceptors (Lipinski definition) is 3. The summed E-state index contributed by atoms with van der Waals surface area (Å²) in [5.74, 6) is -0.868. The zero-order valence-electron chi connectivity index (χ0n) is 10.8. The lowest BCUT2D eigenvalue weighted by atomic mass is 10.0. The van der Waals surface area contributed by atoms with Crippen LogP contribution in [-0.2, 0) is 9.53 Å². The molecule has 1 aliphatic rings. The van der Waals surface area contributed by atoms with E-state index in [-0.39, 0.29) is 0 Å². The van der Waals surface area contributed by atoms with Gasteiger partial charge in [-0.3, -0.25) is 9.69 Å². The number of nitrogens with one attached hydrogen (secondary N) is 1. The van der Waals surface area contributed by atoms with Gasteiger partial charge in [-0.1, -0.05) is 17.7 Å². The number of benzene rings is 1. The van der Waals surface area contributed by atoms with E-state index >= 15 is 0 Å². The van der Waals surface area contributed by atoms with Gasteiger partial charge in [-0.25, -0.2) is 0 Å². The summed E-state index contributed by atoms with van der Waals surface area (Å²) in [4.78, 5) is 16.7. The molecule has 1 saturated heterocycles. The minimum absolute atomic E-state index is 0.555. The zero-order valence-corrected chi connectivity index (χ0v) is 11.6. The Kier molecular flexibility index (Phi) is 3.65. The fourth-order valence-corrected chi connectivity index (χ4v) is 2.99. The number of hydrogen-bond donors (Lipinski definition) is 2. The average molecular weight is 295 g/mol. The van der Waals surface area contributed by atoms with Gasteiger partial charge in [0.15, 0.2) is 0 Å². The van der Waals surface area contributed by atoms with Crippen molar-refractivity contribution >= 4 is 28.5 Å². The molecule has 1 atom stereocenters. The fraction of sp³-hybridized carbons (Fsp3) is 0.357. The van der Waals surface area contributed by atoms with Crippen molar-refractivity contribution in [2.45, 2.75) is 6.04 Å². The molecule has 2 N–H and O–H groups in total. The fourth-order valence-electron chi connectivity index (χ4n) is 2.70. The Bertz CT molecular complexity index is 634. The number of aromatic amines is 1. The smallest absolute Gasteiger partial charge is 0.325 e. The van der Waals surface area contributed by atoms with Crippen molar-refractivity contribution in [3.8, 4) is 0 Å². The van der Waals surface area contributed by atoms with Crippen LogP contribution in [0, 0.1) is 0 Å². The molecule has 0 bridgehead atoms. The van der Waals surface area contributed by atoms with Crippen molar-refractivity contribution < 1.29 is 14.6 Å². The number of fused-ring (bicyclic) bond motifs is 1. The van der Waals surface area contributed by atoms with Gasteiger partial charge in [-0.2, -0.15) is 0 Å². The third kappa shape index (κ3) is 2.28. The molecule has 6 heteroatoms. The van der Waals surface area contributed by atoms with Gasteiger partial charge in [0.2, 0.25) is 0 Å². The maximum Gasteiger partial charge on any atom is 0.325 e. The number of carbonyl (C=O) groups is 1. The summed E-state index contributed by atoms with van der Waals surface area (Å²) in [6.07, 6.45) is 1.74. The molecule has 1 aliphatic heterocycles. The van der Waals surface area contributed by atoms with Crippen molar-refractivity contribution in [2.75, 3.05) is 26.3 Å². The predicted octanol–water partition coefficient (Wildman–Crippen LogP) is 2.28. The zero-order chi connectivity index (χ0) is 14.1. The number of morpholine rings is 1. The molecule has 5 nitrogen and oxygen atoms in total. The highest BCUT2D eigenvalue weighted by Crippen LogP contribution is 2.33. The maximum absolute atomic E-state index is 11.7. The lowest BCUT2D eigenvalue weighted by Crippen LogP contribution is -2.42. The molecule has 0 amide bonds. The van der Waals surface area contributed by atoms with Crippen molar-refractivity contribution in [1.29, 1.82) is 0 Å². The van der Waals surface area contributed by atoms with Crippen LogP contribution in [0.5, 0.6) is 0 Å². The molecule has 1 unspecified atom stereocenters. The lowest BCUT2D eigenvalue weighted by Gasteiger charge is -2.31. The largest absolute Gasteiger partial charge is 0.480 e. The molecular formula is C14H15ClN2O3. The van der Waals surface area contributed by atoms with Crippen molar-refractivity contribution in [3.05, 3.63) is 35.0 Å². The minimum atomic E-state index is -0.868. The molecule has 2 heterocycles. The van der Waals surface area contributed by atoms with Crippen molar-refractivity contribution in [1.82, 2.24) is 9.88 Å². The third-order valence-corrected chi connectivity index (χ3v) is 3.94. The Hall–Kier alpha value is -1.56. The van der Waals surface area contributed by atoms with Gasteiger partial charge in [0.25, 0.3) is 0 Å². The summed E-state index contributed by atoms with van der Waals surface area (Å²) in [5, 5.41) is 11.0. The quantitative estimate of drug-likeness (QED) is 0.911. The van der Waals surface area contributed by atoms with Crippen LogP contribution in [0.1, 0.15) is 11.6 Å². The van der Waals surface area contributed by atoms with E-state index in [1.165, 1.54) is 0 Å². The molecule has 2 aromatic rings. The number of aromatic nitrogens is 1. The monoisotopic (exact) mass is 294 g/mol. The number of nitrogens with zero attached hydrogens (tertiary/aromatic N) is 1.